The minimum absolute atomic E-state index is 0.228. The van der Waals surface area contributed by atoms with Crippen LogP contribution in [0.3, 0.4) is 0 Å². The van der Waals surface area contributed by atoms with Crippen molar-refractivity contribution in [2.24, 2.45) is 11.1 Å². The fraction of sp³-hybridized carbons (Fsp3) is 0.917. The summed E-state index contributed by atoms with van der Waals surface area (Å²) in [5, 5.41) is 3.16. The molecule has 86 valence electrons. The molecule has 0 heterocycles. The molecule has 0 radical (unpaired) electrons. The Kier molecular flexibility index (Phi) is 3.29. The molecule has 2 rings (SSSR count). The van der Waals surface area contributed by atoms with Gasteiger partial charge >= 0.3 is 0 Å². The summed E-state index contributed by atoms with van der Waals surface area (Å²) >= 11 is 0. The molecule has 0 aromatic carbocycles. The molecule has 0 aromatic rings. The Morgan fingerprint density at radius 2 is 1.87 bits per heavy atom. The number of nitrogens with two attached hydrogens (primary N) is 1. The lowest BCUT2D eigenvalue weighted by Crippen LogP contribution is -2.51. The number of rotatable bonds is 3. The molecule has 2 aliphatic carbocycles. The summed E-state index contributed by atoms with van der Waals surface area (Å²) in [6, 6.07) is 0.447. The van der Waals surface area contributed by atoms with E-state index in [1.54, 1.807) is 0 Å². The van der Waals surface area contributed by atoms with Crippen LogP contribution in [-0.4, -0.2) is 18.5 Å². The molecule has 2 aliphatic rings. The number of hydrogen-bond acceptors (Lipinski definition) is 2. The Morgan fingerprint density at radius 1 is 1.20 bits per heavy atom. The third-order valence-corrected chi connectivity index (χ3v) is 4.12. The van der Waals surface area contributed by atoms with Gasteiger partial charge in [-0.2, -0.15) is 0 Å². The van der Waals surface area contributed by atoms with Crippen molar-refractivity contribution >= 4 is 5.91 Å². The molecule has 3 N–H and O–H groups in total. The van der Waals surface area contributed by atoms with E-state index >= 15 is 0 Å². The van der Waals surface area contributed by atoms with Crippen molar-refractivity contribution in [3.05, 3.63) is 0 Å². The lowest BCUT2D eigenvalue weighted by atomic mass is 9.73. The van der Waals surface area contributed by atoms with E-state index in [0.29, 0.717) is 12.6 Å². The number of carbonyl (C=O) groups is 1. The van der Waals surface area contributed by atoms with Gasteiger partial charge in [0.25, 0.3) is 0 Å². The molecule has 0 unspecified atom stereocenters. The van der Waals surface area contributed by atoms with E-state index in [1.165, 1.54) is 12.8 Å². The van der Waals surface area contributed by atoms with Gasteiger partial charge in [-0.1, -0.05) is 19.3 Å². The molecule has 0 atom stereocenters. The highest BCUT2D eigenvalue weighted by atomic mass is 16.2. The summed E-state index contributed by atoms with van der Waals surface area (Å²) in [6.45, 7) is 0.519. The summed E-state index contributed by atoms with van der Waals surface area (Å²) in [5.74, 6) is 0.231. The van der Waals surface area contributed by atoms with E-state index in [2.05, 4.69) is 5.32 Å². The maximum atomic E-state index is 12.2. The Morgan fingerprint density at radius 3 is 2.33 bits per heavy atom. The van der Waals surface area contributed by atoms with Crippen LogP contribution in [0.1, 0.15) is 51.4 Å². The van der Waals surface area contributed by atoms with Crippen molar-refractivity contribution in [3.63, 3.8) is 0 Å². The molecular formula is C12H22N2O. The van der Waals surface area contributed by atoms with Gasteiger partial charge in [0.15, 0.2) is 0 Å². The van der Waals surface area contributed by atoms with Gasteiger partial charge in [-0.15, -0.1) is 0 Å². The van der Waals surface area contributed by atoms with E-state index in [9.17, 15) is 4.79 Å². The largest absolute Gasteiger partial charge is 0.353 e. The zero-order chi connectivity index (χ0) is 10.7. The van der Waals surface area contributed by atoms with Gasteiger partial charge in [-0.25, -0.2) is 0 Å². The second-order valence-corrected chi connectivity index (χ2v) is 5.15. The number of amides is 1. The SMILES string of the molecule is NCC1(C(=O)NC2CCC2)CCCCC1. The quantitative estimate of drug-likeness (QED) is 0.743. The molecule has 3 nitrogen and oxygen atoms in total. The highest BCUT2D eigenvalue weighted by molar-refractivity contribution is 5.83. The molecule has 15 heavy (non-hydrogen) atoms. The molecule has 0 saturated heterocycles. The minimum Gasteiger partial charge on any atom is -0.353 e. The molecule has 1 amide bonds. The van der Waals surface area contributed by atoms with E-state index in [0.717, 1.165) is 38.5 Å². The van der Waals surface area contributed by atoms with Crippen molar-refractivity contribution in [1.29, 1.82) is 0 Å². The number of carbonyl (C=O) groups excluding carboxylic acids is 1. The van der Waals surface area contributed by atoms with Crippen LogP contribution in [0.15, 0.2) is 0 Å². The maximum Gasteiger partial charge on any atom is 0.227 e. The molecule has 0 aliphatic heterocycles. The Labute approximate surface area is 91.8 Å². The van der Waals surface area contributed by atoms with Crippen molar-refractivity contribution in [2.75, 3.05) is 6.54 Å². The van der Waals surface area contributed by atoms with Gasteiger partial charge in [0, 0.05) is 12.6 Å². The second kappa shape index (κ2) is 4.52. The van der Waals surface area contributed by atoms with Crippen molar-refractivity contribution in [3.8, 4) is 0 Å². The highest BCUT2D eigenvalue weighted by Gasteiger charge is 2.39. The fourth-order valence-electron chi connectivity index (χ4n) is 2.64. The second-order valence-electron chi connectivity index (χ2n) is 5.15. The molecular weight excluding hydrogens is 188 g/mol. The monoisotopic (exact) mass is 210 g/mol. The van der Waals surface area contributed by atoms with Crippen LogP contribution in [0.5, 0.6) is 0 Å². The van der Waals surface area contributed by atoms with Crippen LogP contribution < -0.4 is 11.1 Å². The molecule has 0 spiro atoms. The Bertz CT molecular complexity index is 230. The number of hydrogen-bond donors (Lipinski definition) is 2. The minimum atomic E-state index is -0.228. The third-order valence-electron chi connectivity index (χ3n) is 4.12. The zero-order valence-electron chi connectivity index (χ0n) is 9.43. The summed E-state index contributed by atoms with van der Waals surface area (Å²) in [6.07, 6.45) is 9.15. The van der Waals surface area contributed by atoms with E-state index in [-0.39, 0.29) is 11.3 Å². The first kappa shape index (κ1) is 10.9. The van der Waals surface area contributed by atoms with Crippen LogP contribution in [0, 0.1) is 5.41 Å². The van der Waals surface area contributed by atoms with Gasteiger partial charge in [0.2, 0.25) is 5.91 Å². The highest BCUT2D eigenvalue weighted by Crippen LogP contribution is 2.36. The predicted octanol–water partition coefficient (Wildman–Crippen LogP) is 1.56. The standard InChI is InChI=1S/C12H22N2O/c13-9-12(7-2-1-3-8-12)11(15)14-10-5-4-6-10/h10H,1-9,13H2,(H,14,15). The predicted molar refractivity (Wildman–Crippen MR) is 60.4 cm³/mol. The average molecular weight is 210 g/mol. The molecule has 0 bridgehead atoms. The lowest BCUT2D eigenvalue weighted by Gasteiger charge is -2.37. The van der Waals surface area contributed by atoms with Crippen molar-refractivity contribution in [2.45, 2.75) is 57.4 Å². The topological polar surface area (TPSA) is 55.1 Å². The lowest BCUT2D eigenvalue weighted by molar-refractivity contribution is -0.133. The zero-order valence-corrected chi connectivity index (χ0v) is 9.43. The van der Waals surface area contributed by atoms with Gasteiger partial charge in [-0.05, 0) is 32.1 Å². The maximum absolute atomic E-state index is 12.2. The van der Waals surface area contributed by atoms with Crippen LogP contribution in [0.4, 0.5) is 0 Å². The van der Waals surface area contributed by atoms with E-state index in [1.807, 2.05) is 0 Å². The first-order valence-corrected chi connectivity index (χ1v) is 6.28. The van der Waals surface area contributed by atoms with E-state index < -0.39 is 0 Å². The average Bonchev–Trinajstić information content (AvgIpc) is 2.24. The first-order valence-electron chi connectivity index (χ1n) is 6.28. The van der Waals surface area contributed by atoms with Gasteiger partial charge in [-0.3, -0.25) is 4.79 Å². The van der Waals surface area contributed by atoms with Gasteiger partial charge in [0.1, 0.15) is 0 Å². The van der Waals surface area contributed by atoms with Crippen molar-refractivity contribution in [1.82, 2.24) is 5.32 Å². The molecule has 2 saturated carbocycles. The van der Waals surface area contributed by atoms with Crippen molar-refractivity contribution < 1.29 is 4.79 Å². The molecule has 0 aromatic heterocycles. The summed E-state index contributed by atoms with van der Waals surface area (Å²) in [7, 11) is 0. The van der Waals surface area contributed by atoms with Crippen LogP contribution >= 0.6 is 0 Å². The first-order chi connectivity index (χ1) is 7.27. The summed E-state index contributed by atoms with van der Waals surface area (Å²) < 4.78 is 0. The summed E-state index contributed by atoms with van der Waals surface area (Å²) in [5.41, 5.74) is 5.59. The number of nitrogens with one attached hydrogen (secondary N) is 1. The third kappa shape index (κ3) is 2.17. The fourth-order valence-corrected chi connectivity index (χ4v) is 2.64. The molecule has 3 heteroatoms. The Hall–Kier alpha value is -0.570. The van der Waals surface area contributed by atoms with Gasteiger partial charge in [0.05, 0.1) is 5.41 Å². The Balaban J connectivity index is 1.93. The van der Waals surface area contributed by atoms with Gasteiger partial charge < -0.3 is 11.1 Å². The van der Waals surface area contributed by atoms with Crippen LogP contribution in [-0.2, 0) is 4.79 Å². The smallest absolute Gasteiger partial charge is 0.227 e. The van der Waals surface area contributed by atoms with E-state index in [4.69, 9.17) is 5.73 Å². The summed E-state index contributed by atoms with van der Waals surface area (Å²) in [4.78, 5) is 12.2. The normalized spacial score (nSPS) is 25.7. The van der Waals surface area contributed by atoms with Crippen LogP contribution in [0.25, 0.3) is 0 Å². The molecule has 2 fully saturated rings. The van der Waals surface area contributed by atoms with Crippen LogP contribution in [0.2, 0.25) is 0 Å².